The molecule has 1 aliphatic rings. The Balaban J connectivity index is 2.00. The summed E-state index contributed by atoms with van der Waals surface area (Å²) in [7, 11) is 0. The Morgan fingerprint density at radius 1 is 1.36 bits per heavy atom. The minimum absolute atomic E-state index is 0.584. The summed E-state index contributed by atoms with van der Waals surface area (Å²) in [4.78, 5) is 0. The molecule has 1 aromatic rings. The van der Waals surface area contributed by atoms with Crippen LogP contribution >= 0.6 is 11.6 Å². The fourth-order valence-electron chi connectivity index (χ4n) is 2.05. The van der Waals surface area contributed by atoms with Crippen molar-refractivity contribution in [3.8, 4) is 0 Å². The van der Waals surface area contributed by atoms with Crippen LogP contribution in [0.2, 0.25) is 0 Å². The molecule has 1 aromatic heterocycles. The zero-order valence-electron chi connectivity index (χ0n) is 8.32. The number of nitrogens with zero attached hydrogens (tertiary/aromatic N) is 3. The highest BCUT2D eigenvalue weighted by atomic mass is 35.5. The number of alkyl halides is 1. The second-order valence-electron chi connectivity index (χ2n) is 3.92. The molecule has 78 valence electrons. The van der Waals surface area contributed by atoms with Gasteiger partial charge in [0.1, 0.15) is 0 Å². The lowest BCUT2D eigenvalue weighted by atomic mass is 9.96. The molecule has 14 heavy (non-hydrogen) atoms. The molecule has 2 rings (SSSR count). The van der Waals surface area contributed by atoms with E-state index < -0.39 is 0 Å². The summed E-state index contributed by atoms with van der Waals surface area (Å²) in [6.07, 6.45) is 9.42. The summed E-state index contributed by atoms with van der Waals surface area (Å²) in [5.74, 6) is 0.628. The summed E-state index contributed by atoms with van der Waals surface area (Å²) >= 11 is 5.65. The molecule has 0 saturated heterocycles. The van der Waals surface area contributed by atoms with Crippen molar-refractivity contribution in [3.63, 3.8) is 0 Å². The van der Waals surface area contributed by atoms with E-state index in [1.54, 1.807) is 0 Å². The van der Waals surface area contributed by atoms with Gasteiger partial charge in [0.15, 0.2) is 0 Å². The summed E-state index contributed by atoms with van der Waals surface area (Å²) in [5, 5.41) is 8.28. The average Bonchev–Trinajstić information content (AvgIpc) is 2.68. The molecule has 1 saturated carbocycles. The molecule has 1 fully saturated rings. The Hall–Kier alpha value is -0.570. The second-order valence-corrected chi connectivity index (χ2v) is 4.30. The van der Waals surface area contributed by atoms with Gasteiger partial charge in [0.05, 0.1) is 11.7 Å². The number of rotatable bonds is 3. The van der Waals surface area contributed by atoms with E-state index in [9.17, 15) is 0 Å². The molecule has 4 heteroatoms. The average molecular weight is 214 g/mol. The van der Waals surface area contributed by atoms with E-state index in [1.807, 2.05) is 4.68 Å². The fourth-order valence-corrected chi connectivity index (χ4v) is 2.24. The zero-order chi connectivity index (χ0) is 9.80. The lowest BCUT2D eigenvalue weighted by Crippen LogP contribution is -2.13. The maximum Gasteiger partial charge on any atom is 0.0839 e. The van der Waals surface area contributed by atoms with Gasteiger partial charge in [0.2, 0.25) is 0 Å². The molecule has 0 unspecified atom stereocenters. The first-order chi connectivity index (χ1) is 6.90. The maximum atomic E-state index is 5.65. The normalized spacial score (nSPS) is 18.6. The van der Waals surface area contributed by atoms with E-state index in [0.29, 0.717) is 11.9 Å². The summed E-state index contributed by atoms with van der Waals surface area (Å²) in [5.41, 5.74) is 1.02. The largest absolute Gasteiger partial charge is 0.249 e. The van der Waals surface area contributed by atoms with Gasteiger partial charge in [-0.1, -0.05) is 24.5 Å². The molecule has 0 amide bonds. The van der Waals surface area contributed by atoms with Crippen LogP contribution in [0.4, 0.5) is 0 Å². The van der Waals surface area contributed by atoms with Crippen LogP contribution in [0.25, 0.3) is 0 Å². The van der Waals surface area contributed by atoms with Gasteiger partial charge in [0, 0.05) is 18.5 Å². The smallest absolute Gasteiger partial charge is 0.0839 e. The third-order valence-electron chi connectivity index (χ3n) is 2.86. The monoisotopic (exact) mass is 213 g/mol. The molecule has 0 spiro atoms. The number of aromatic nitrogens is 3. The van der Waals surface area contributed by atoms with Crippen LogP contribution in [0.5, 0.6) is 0 Å². The van der Waals surface area contributed by atoms with Crippen LogP contribution in [0, 0.1) is 0 Å². The molecule has 1 aliphatic carbocycles. The van der Waals surface area contributed by atoms with E-state index >= 15 is 0 Å². The van der Waals surface area contributed by atoms with Gasteiger partial charge in [-0.2, -0.15) is 0 Å². The summed E-state index contributed by atoms with van der Waals surface area (Å²) < 4.78 is 2.03. The summed E-state index contributed by atoms with van der Waals surface area (Å²) in [6, 6.07) is 0.584. The third kappa shape index (κ3) is 2.27. The highest BCUT2D eigenvalue weighted by Crippen LogP contribution is 2.27. The highest BCUT2D eigenvalue weighted by molar-refractivity contribution is 6.17. The van der Waals surface area contributed by atoms with Crippen LogP contribution < -0.4 is 0 Å². The van der Waals surface area contributed by atoms with Gasteiger partial charge in [0.25, 0.3) is 0 Å². The van der Waals surface area contributed by atoms with Crippen molar-refractivity contribution in [1.29, 1.82) is 0 Å². The van der Waals surface area contributed by atoms with Crippen LogP contribution in [-0.2, 0) is 6.42 Å². The van der Waals surface area contributed by atoms with Gasteiger partial charge >= 0.3 is 0 Å². The van der Waals surface area contributed by atoms with Crippen molar-refractivity contribution in [2.45, 2.75) is 44.6 Å². The zero-order valence-corrected chi connectivity index (χ0v) is 9.08. The van der Waals surface area contributed by atoms with Crippen LogP contribution in [-0.4, -0.2) is 20.9 Å². The summed E-state index contributed by atoms with van der Waals surface area (Å²) in [6.45, 7) is 0. The lowest BCUT2D eigenvalue weighted by molar-refractivity contribution is 0.324. The number of hydrogen-bond donors (Lipinski definition) is 0. The van der Waals surface area contributed by atoms with E-state index in [4.69, 9.17) is 11.6 Å². The number of aryl methyl sites for hydroxylation is 1. The molecule has 0 atom stereocenters. The minimum atomic E-state index is 0.584. The van der Waals surface area contributed by atoms with Crippen molar-refractivity contribution in [1.82, 2.24) is 15.0 Å². The van der Waals surface area contributed by atoms with Crippen LogP contribution in [0.1, 0.15) is 43.8 Å². The molecule has 1 heterocycles. The van der Waals surface area contributed by atoms with Gasteiger partial charge in [-0.3, -0.25) is 0 Å². The number of halogens is 1. The Labute approximate surface area is 89.4 Å². The lowest BCUT2D eigenvalue weighted by Gasteiger charge is -2.20. The number of hydrogen-bond acceptors (Lipinski definition) is 2. The standard InChI is InChI=1S/C10H16ClN3/c11-7-6-9-8-14(13-12-9)10-4-2-1-3-5-10/h8,10H,1-7H2. The van der Waals surface area contributed by atoms with Crippen molar-refractivity contribution >= 4 is 11.6 Å². The predicted octanol–water partition coefficient (Wildman–Crippen LogP) is 2.56. The van der Waals surface area contributed by atoms with Gasteiger partial charge in [-0.15, -0.1) is 16.7 Å². The molecule has 0 N–H and O–H groups in total. The first kappa shape index (κ1) is 9.97. The highest BCUT2D eigenvalue weighted by Gasteiger charge is 2.16. The minimum Gasteiger partial charge on any atom is -0.249 e. The van der Waals surface area contributed by atoms with E-state index in [0.717, 1.165) is 12.1 Å². The fraction of sp³-hybridized carbons (Fsp3) is 0.800. The second kappa shape index (κ2) is 4.78. The van der Waals surface area contributed by atoms with Gasteiger partial charge < -0.3 is 0 Å². The van der Waals surface area contributed by atoms with Crippen molar-refractivity contribution < 1.29 is 0 Å². The van der Waals surface area contributed by atoms with Gasteiger partial charge in [-0.25, -0.2) is 4.68 Å². The Morgan fingerprint density at radius 3 is 2.86 bits per heavy atom. The predicted molar refractivity (Wildman–Crippen MR) is 56.6 cm³/mol. The topological polar surface area (TPSA) is 30.7 Å². The molecule has 0 radical (unpaired) electrons. The Morgan fingerprint density at radius 2 is 2.14 bits per heavy atom. The van der Waals surface area contributed by atoms with E-state index in [-0.39, 0.29) is 0 Å². The van der Waals surface area contributed by atoms with Crippen molar-refractivity contribution in [2.24, 2.45) is 0 Å². The van der Waals surface area contributed by atoms with E-state index in [2.05, 4.69) is 16.5 Å². The van der Waals surface area contributed by atoms with Gasteiger partial charge in [-0.05, 0) is 12.8 Å². The molecular formula is C10H16ClN3. The molecular weight excluding hydrogens is 198 g/mol. The molecule has 0 aromatic carbocycles. The quantitative estimate of drug-likeness (QED) is 0.723. The molecule has 0 bridgehead atoms. The van der Waals surface area contributed by atoms with Crippen molar-refractivity contribution in [2.75, 3.05) is 5.88 Å². The SMILES string of the molecule is ClCCc1cn(C2CCCCC2)nn1. The van der Waals surface area contributed by atoms with Crippen molar-refractivity contribution in [3.05, 3.63) is 11.9 Å². The maximum absolute atomic E-state index is 5.65. The Bertz CT molecular complexity index is 279. The molecule has 3 nitrogen and oxygen atoms in total. The Kier molecular flexibility index (Phi) is 3.40. The van der Waals surface area contributed by atoms with Crippen LogP contribution in [0.15, 0.2) is 6.20 Å². The van der Waals surface area contributed by atoms with E-state index in [1.165, 1.54) is 32.1 Å². The van der Waals surface area contributed by atoms with Crippen LogP contribution in [0.3, 0.4) is 0 Å². The third-order valence-corrected chi connectivity index (χ3v) is 3.05. The first-order valence-electron chi connectivity index (χ1n) is 5.37. The first-order valence-corrected chi connectivity index (χ1v) is 5.90. The molecule has 0 aliphatic heterocycles.